The molecule has 1 atom stereocenters. The number of aromatic nitrogens is 1. The highest BCUT2D eigenvalue weighted by Gasteiger charge is 2.50. The Kier molecular flexibility index (Phi) is 7.21. The van der Waals surface area contributed by atoms with E-state index in [4.69, 9.17) is 14.6 Å². The van der Waals surface area contributed by atoms with Gasteiger partial charge in [-0.25, -0.2) is 9.59 Å². The van der Waals surface area contributed by atoms with Gasteiger partial charge in [-0.05, 0) is 44.0 Å². The van der Waals surface area contributed by atoms with Crippen LogP contribution in [0.25, 0.3) is 10.9 Å². The number of rotatable bonds is 4. The predicted molar refractivity (Wildman–Crippen MR) is 103 cm³/mol. The number of benzene rings is 1. The van der Waals surface area contributed by atoms with Crippen LogP contribution in [0.15, 0.2) is 30.3 Å². The molecule has 0 radical (unpaired) electrons. The van der Waals surface area contributed by atoms with Gasteiger partial charge in [0.15, 0.2) is 5.54 Å². The van der Waals surface area contributed by atoms with Gasteiger partial charge in [0.05, 0.1) is 12.1 Å². The van der Waals surface area contributed by atoms with Crippen LogP contribution < -0.4 is 0 Å². The topological polar surface area (TPSA) is 117 Å². The summed E-state index contributed by atoms with van der Waals surface area (Å²) < 4.78 is 36.8. The number of fused-ring (bicyclic) bond motifs is 1. The number of aliphatic carboxylic acids is 2. The molecule has 31 heavy (non-hydrogen) atoms. The van der Waals surface area contributed by atoms with E-state index in [0.29, 0.717) is 24.9 Å². The number of amides is 1. The lowest BCUT2D eigenvalue weighted by Crippen LogP contribution is -2.56. The van der Waals surface area contributed by atoms with E-state index in [1.54, 1.807) is 18.2 Å². The lowest BCUT2D eigenvalue weighted by Gasteiger charge is -2.34. The number of pyridine rings is 1. The molecular weight excluding hydrogens is 421 g/mol. The second kappa shape index (κ2) is 9.29. The third kappa shape index (κ3) is 5.29. The van der Waals surface area contributed by atoms with Crippen LogP contribution in [0, 0.1) is 6.92 Å². The van der Waals surface area contributed by atoms with Gasteiger partial charge in [0.25, 0.3) is 5.91 Å². The summed E-state index contributed by atoms with van der Waals surface area (Å²) in [5.41, 5.74) is 0.906. The largest absolute Gasteiger partial charge is 0.490 e. The Hall–Kier alpha value is -3.21. The second-order valence-corrected chi connectivity index (χ2v) is 6.99. The number of carboxylic acid groups (broad SMARTS) is 2. The molecule has 0 aliphatic carbocycles. The number of nitrogens with zero attached hydrogens (tertiary/aromatic N) is 2. The maximum Gasteiger partial charge on any atom is 0.490 e. The van der Waals surface area contributed by atoms with Gasteiger partial charge in [0, 0.05) is 30.3 Å². The van der Waals surface area contributed by atoms with E-state index in [9.17, 15) is 27.9 Å². The summed E-state index contributed by atoms with van der Waals surface area (Å²) >= 11 is 0. The van der Waals surface area contributed by atoms with Crippen molar-refractivity contribution in [1.29, 1.82) is 0 Å². The van der Waals surface area contributed by atoms with Crippen LogP contribution in [0.4, 0.5) is 13.2 Å². The number of aryl methyl sites for hydroxylation is 1. The van der Waals surface area contributed by atoms with Gasteiger partial charge >= 0.3 is 18.1 Å². The highest BCUT2D eigenvalue weighted by Crippen LogP contribution is 2.32. The normalized spacial score (nSPS) is 18.4. The van der Waals surface area contributed by atoms with Gasteiger partial charge in [0.2, 0.25) is 0 Å². The van der Waals surface area contributed by atoms with Crippen molar-refractivity contribution in [2.75, 3.05) is 20.3 Å². The van der Waals surface area contributed by atoms with Crippen LogP contribution in [0.3, 0.4) is 0 Å². The number of carbonyl (C=O) groups is 3. The Labute approximate surface area is 175 Å². The molecule has 11 heteroatoms. The van der Waals surface area contributed by atoms with Crippen LogP contribution in [0.1, 0.15) is 28.9 Å². The Morgan fingerprint density at radius 2 is 1.84 bits per heavy atom. The third-order valence-electron chi connectivity index (χ3n) is 4.83. The molecule has 1 amide bonds. The second-order valence-electron chi connectivity index (χ2n) is 6.99. The first kappa shape index (κ1) is 24.1. The maximum absolute atomic E-state index is 12.9. The van der Waals surface area contributed by atoms with Gasteiger partial charge < -0.3 is 19.8 Å². The smallest absolute Gasteiger partial charge is 0.479 e. The first-order valence-corrected chi connectivity index (χ1v) is 9.14. The Morgan fingerprint density at radius 1 is 1.19 bits per heavy atom. The fraction of sp³-hybridized carbons (Fsp3) is 0.400. The number of hydrogen-bond acceptors (Lipinski definition) is 5. The average molecular weight is 442 g/mol. The summed E-state index contributed by atoms with van der Waals surface area (Å²) in [5, 5.41) is 17.7. The summed E-state index contributed by atoms with van der Waals surface area (Å²) in [6.45, 7) is 2.32. The van der Waals surface area contributed by atoms with Crippen molar-refractivity contribution in [3.63, 3.8) is 0 Å². The molecule has 0 bridgehead atoms. The van der Waals surface area contributed by atoms with Crippen LogP contribution >= 0.6 is 0 Å². The molecule has 8 nitrogen and oxygen atoms in total. The molecular formula is C20H21F3N2O6. The SMILES string of the molecule is COCC1(C(=O)O)CCCN1C(=O)c1ccc2nc(C)ccc2c1.O=C(O)C(F)(F)F. The minimum Gasteiger partial charge on any atom is -0.479 e. The summed E-state index contributed by atoms with van der Waals surface area (Å²) in [6.07, 6.45) is -4.04. The zero-order valence-corrected chi connectivity index (χ0v) is 16.8. The minimum absolute atomic E-state index is 0.0115. The van der Waals surface area contributed by atoms with E-state index in [2.05, 4.69) is 4.98 Å². The maximum atomic E-state index is 12.9. The van der Waals surface area contributed by atoms with E-state index in [0.717, 1.165) is 16.6 Å². The molecule has 1 fully saturated rings. The highest BCUT2D eigenvalue weighted by molar-refractivity contribution is 6.01. The average Bonchev–Trinajstić information content (AvgIpc) is 3.12. The Balaban J connectivity index is 0.000000423. The van der Waals surface area contributed by atoms with Gasteiger partial charge in [-0.1, -0.05) is 6.07 Å². The van der Waals surface area contributed by atoms with Crippen LogP contribution in [-0.4, -0.2) is 69.9 Å². The predicted octanol–water partition coefficient (Wildman–Crippen LogP) is 2.88. The number of likely N-dealkylation sites (tertiary alicyclic amines) is 1. The zero-order chi connectivity index (χ0) is 23.4. The van der Waals surface area contributed by atoms with Gasteiger partial charge in [-0.2, -0.15) is 13.2 Å². The molecule has 2 aromatic rings. The fourth-order valence-corrected chi connectivity index (χ4v) is 3.36. The standard InChI is InChI=1S/C18H20N2O4.C2HF3O2/c1-12-4-5-13-10-14(6-7-15(13)19-12)16(21)20-9-3-8-18(20,11-24-2)17(22)23;3-2(4,5)1(6)7/h4-7,10H,3,8-9,11H2,1-2H3,(H,22,23);(H,6,7). The molecule has 1 aromatic carbocycles. The molecule has 1 unspecified atom stereocenters. The van der Waals surface area contributed by atoms with Crippen molar-refractivity contribution in [3.8, 4) is 0 Å². The van der Waals surface area contributed by atoms with Crippen LogP contribution in [0.2, 0.25) is 0 Å². The first-order valence-electron chi connectivity index (χ1n) is 9.14. The molecule has 168 valence electrons. The lowest BCUT2D eigenvalue weighted by molar-refractivity contribution is -0.192. The molecule has 1 aliphatic heterocycles. The molecule has 1 saturated heterocycles. The highest BCUT2D eigenvalue weighted by atomic mass is 19.4. The zero-order valence-electron chi connectivity index (χ0n) is 16.8. The molecule has 1 aliphatic rings. The first-order chi connectivity index (χ1) is 14.4. The lowest BCUT2D eigenvalue weighted by atomic mass is 9.96. The number of carboxylic acids is 2. The fourth-order valence-electron chi connectivity index (χ4n) is 3.36. The van der Waals surface area contributed by atoms with Crippen molar-refractivity contribution in [2.24, 2.45) is 0 Å². The van der Waals surface area contributed by atoms with Crippen molar-refractivity contribution in [1.82, 2.24) is 9.88 Å². The molecule has 2 N–H and O–H groups in total. The number of halogens is 3. The number of hydrogen-bond donors (Lipinski definition) is 2. The van der Waals surface area contributed by atoms with Crippen molar-refractivity contribution in [2.45, 2.75) is 31.5 Å². The van der Waals surface area contributed by atoms with Crippen molar-refractivity contribution in [3.05, 3.63) is 41.6 Å². The molecule has 0 saturated carbocycles. The number of ether oxygens (including phenoxy) is 1. The number of methoxy groups -OCH3 is 1. The quantitative estimate of drug-likeness (QED) is 0.748. The third-order valence-corrected chi connectivity index (χ3v) is 4.83. The minimum atomic E-state index is -5.08. The van der Waals surface area contributed by atoms with Crippen LogP contribution in [0.5, 0.6) is 0 Å². The van der Waals surface area contributed by atoms with E-state index in [-0.39, 0.29) is 12.5 Å². The summed E-state index contributed by atoms with van der Waals surface area (Å²) in [4.78, 5) is 39.5. The summed E-state index contributed by atoms with van der Waals surface area (Å²) in [6, 6.07) is 9.07. The Bertz CT molecular complexity index is 995. The van der Waals surface area contributed by atoms with Crippen molar-refractivity contribution >= 4 is 28.7 Å². The molecule has 3 rings (SSSR count). The molecule has 1 aromatic heterocycles. The van der Waals surface area contributed by atoms with Crippen LogP contribution in [-0.2, 0) is 14.3 Å². The summed E-state index contributed by atoms with van der Waals surface area (Å²) in [7, 11) is 1.45. The van der Waals surface area contributed by atoms with Crippen molar-refractivity contribution < 1.29 is 42.5 Å². The van der Waals surface area contributed by atoms with E-state index < -0.39 is 23.7 Å². The van der Waals surface area contributed by atoms with E-state index >= 15 is 0 Å². The van der Waals surface area contributed by atoms with Gasteiger partial charge in [-0.3, -0.25) is 9.78 Å². The van der Waals surface area contributed by atoms with E-state index in [1.807, 2.05) is 19.1 Å². The molecule has 0 spiro atoms. The van der Waals surface area contributed by atoms with Gasteiger partial charge in [-0.15, -0.1) is 0 Å². The number of carbonyl (C=O) groups excluding carboxylic acids is 1. The monoisotopic (exact) mass is 442 g/mol. The van der Waals surface area contributed by atoms with E-state index in [1.165, 1.54) is 12.0 Å². The number of alkyl halides is 3. The summed E-state index contributed by atoms with van der Waals surface area (Å²) in [5.74, 6) is -4.06. The molecule has 2 heterocycles. The van der Waals surface area contributed by atoms with Gasteiger partial charge in [0.1, 0.15) is 0 Å². The Morgan fingerprint density at radius 3 is 2.39 bits per heavy atom.